The molecule has 1 unspecified atom stereocenters. The standard InChI is InChI=1S/C14H16N6O8S/c1-28-18-10(7-5-29-13(15)17-7)11(25)16-6-2-20(12(6)26)14(27)19(3-8(21)22)4-9(23)24/h5-6H,2-4H2,1H3,(H2,15,17)(H,16,25)(H,21,22)(H,23,24). The number of β-lactam (4-membered cyclic amide) rings is 1. The number of carbonyl (C=O) groups is 5. The number of oxime groups is 1. The predicted molar refractivity (Wildman–Crippen MR) is 96.0 cm³/mol. The van der Waals surface area contributed by atoms with Crippen LogP contribution < -0.4 is 11.1 Å². The van der Waals surface area contributed by atoms with Crippen LogP contribution in [0.15, 0.2) is 10.5 Å². The number of aromatic nitrogens is 1. The maximum atomic E-state index is 12.4. The summed E-state index contributed by atoms with van der Waals surface area (Å²) in [5.41, 5.74) is 5.40. The number of carboxylic acid groups (broad SMARTS) is 2. The zero-order valence-electron chi connectivity index (χ0n) is 14.9. The van der Waals surface area contributed by atoms with Gasteiger partial charge in [-0.1, -0.05) is 5.16 Å². The maximum Gasteiger partial charge on any atom is 0.327 e. The normalized spacial score (nSPS) is 16.0. The molecule has 2 rings (SSSR count). The third-order valence-corrected chi connectivity index (χ3v) is 4.22. The number of carbonyl (C=O) groups excluding carboxylic acids is 3. The highest BCUT2D eigenvalue weighted by Crippen LogP contribution is 2.16. The van der Waals surface area contributed by atoms with Gasteiger partial charge in [-0.2, -0.15) is 0 Å². The van der Waals surface area contributed by atoms with Crippen LogP contribution in [0, 0.1) is 0 Å². The van der Waals surface area contributed by atoms with Gasteiger partial charge in [0.25, 0.3) is 11.8 Å². The zero-order valence-corrected chi connectivity index (χ0v) is 15.7. The number of nitrogens with one attached hydrogen (secondary N) is 1. The summed E-state index contributed by atoms with van der Waals surface area (Å²) in [6.07, 6.45) is 0. The number of thiazole rings is 1. The summed E-state index contributed by atoms with van der Waals surface area (Å²) in [5, 5.41) is 25.1. The monoisotopic (exact) mass is 428 g/mol. The second kappa shape index (κ2) is 8.96. The van der Waals surface area contributed by atoms with Crippen LogP contribution in [0.25, 0.3) is 0 Å². The van der Waals surface area contributed by atoms with Gasteiger partial charge in [0.15, 0.2) is 10.8 Å². The van der Waals surface area contributed by atoms with Gasteiger partial charge in [-0.3, -0.25) is 24.1 Å². The SMILES string of the molecule is CON=C(C(=O)NC1CN(C(=O)N(CC(=O)O)CC(=O)O)C1=O)c1csc(N)n1. The fourth-order valence-electron chi connectivity index (χ4n) is 2.31. The van der Waals surface area contributed by atoms with E-state index < -0.39 is 48.9 Å². The molecule has 1 atom stereocenters. The Labute approximate surface area is 166 Å². The molecule has 0 bridgehead atoms. The van der Waals surface area contributed by atoms with Gasteiger partial charge in [0, 0.05) is 5.38 Å². The highest BCUT2D eigenvalue weighted by atomic mass is 32.1. The molecule has 5 N–H and O–H groups in total. The van der Waals surface area contributed by atoms with Crippen LogP contribution in [0.2, 0.25) is 0 Å². The smallest absolute Gasteiger partial charge is 0.327 e. The Morgan fingerprint density at radius 3 is 2.45 bits per heavy atom. The van der Waals surface area contributed by atoms with E-state index in [1.807, 2.05) is 0 Å². The Hall–Kier alpha value is -3.75. The Balaban J connectivity index is 2.03. The lowest BCUT2D eigenvalue weighted by Crippen LogP contribution is -2.68. The highest BCUT2D eigenvalue weighted by Gasteiger charge is 2.44. The molecule has 1 saturated heterocycles. The molecule has 156 valence electrons. The molecule has 4 amide bonds. The summed E-state index contributed by atoms with van der Waals surface area (Å²) in [6.45, 7) is -2.08. The van der Waals surface area contributed by atoms with E-state index in [2.05, 4.69) is 20.3 Å². The van der Waals surface area contributed by atoms with Crippen LogP contribution in [0.3, 0.4) is 0 Å². The fraction of sp³-hybridized carbons (Fsp3) is 0.357. The predicted octanol–water partition coefficient (Wildman–Crippen LogP) is -2.01. The van der Waals surface area contributed by atoms with Crippen LogP contribution in [0.4, 0.5) is 9.93 Å². The number of nitrogen functional groups attached to an aromatic ring is 1. The van der Waals surface area contributed by atoms with Crippen LogP contribution in [-0.4, -0.2) is 93.3 Å². The molecule has 14 nitrogen and oxygen atoms in total. The van der Waals surface area contributed by atoms with Gasteiger partial charge in [0.2, 0.25) is 0 Å². The summed E-state index contributed by atoms with van der Waals surface area (Å²) in [6, 6.07) is -2.19. The molecule has 0 aromatic carbocycles. The third kappa shape index (κ3) is 5.16. The van der Waals surface area contributed by atoms with Crippen molar-refractivity contribution in [2.24, 2.45) is 5.16 Å². The summed E-state index contributed by atoms with van der Waals surface area (Å²) < 4.78 is 0. The number of nitrogens with zero attached hydrogens (tertiary/aromatic N) is 4. The van der Waals surface area contributed by atoms with Crippen molar-refractivity contribution in [3.63, 3.8) is 0 Å². The number of hydrogen-bond acceptors (Lipinski definition) is 10. The van der Waals surface area contributed by atoms with E-state index in [0.717, 1.165) is 11.3 Å². The molecular formula is C14H16N6O8S. The van der Waals surface area contributed by atoms with E-state index >= 15 is 0 Å². The van der Waals surface area contributed by atoms with Gasteiger partial charge < -0.3 is 31.0 Å². The lowest BCUT2D eigenvalue weighted by molar-refractivity contribution is -0.145. The number of rotatable bonds is 8. The molecule has 1 aromatic rings. The molecule has 0 aliphatic carbocycles. The minimum absolute atomic E-state index is 0.126. The number of amides is 4. The molecule has 1 aromatic heterocycles. The molecule has 29 heavy (non-hydrogen) atoms. The largest absolute Gasteiger partial charge is 0.480 e. The molecule has 2 heterocycles. The van der Waals surface area contributed by atoms with E-state index in [4.69, 9.17) is 15.9 Å². The van der Waals surface area contributed by atoms with Crippen LogP contribution in [-0.2, 0) is 24.0 Å². The maximum absolute atomic E-state index is 12.4. The molecular weight excluding hydrogens is 412 g/mol. The van der Waals surface area contributed by atoms with Gasteiger partial charge in [0.05, 0.1) is 6.54 Å². The zero-order chi connectivity index (χ0) is 21.7. The van der Waals surface area contributed by atoms with E-state index in [0.29, 0.717) is 9.80 Å². The summed E-state index contributed by atoms with van der Waals surface area (Å²) >= 11 is 1.06. The number of imide groups is 1. The fourth-order valence-corrected chi connectivity index (χ4v) is 2.86. The first-order valence-electron chi connectivity index (χ1n) is 7.81. The average Bonchev–Trinajstić information content (AvgIpc) is 3.06. The van der Waals surface area contributed by atoms with Crippen molar-refractivity contribution in [3.05, 3.63) is 11.1 Å². The number of hydrogen-bond donors (Lipinski definition) is 4. The highest BCUT2D eigenvalue weighted by molar-refractivity contribution is 7.13. The molecule has 1 aliphatic rings. The van der Waals surface area contributed by atoms with Crippen LogP contribution in [0.5, 0.6) is 0 Å². The Kier molecular flexibility index (Phi) is 6.66. The van der Waals surface area contributed by atoms with Crippen molar-refractivity contribution in [3.8, 4) is 0 Å². The Bertz CT molecular complexity index is 867. The van der Waals surface area contributed by atoms with Gasteiger partial charge in [-0.05, 0) is 0 Å². The van der Waals surface area contributed by atoms with E-state index in [1.165, 1.54) is 12.5 Å². The topological polar surface area (TPSA) is 205 Å². The lowest BCUT2D eigenvalue weighted by atomic mass is 10.1. The molecule has 0 radical (unpaired) electrons. The van der Waals surface area contributed by atoms with Crippen molar-refractivity contribution < 1.29 is 39.0 Å². The first kappa shape index (κ1) is 21.5. The minimum atomic E-state index is -1.44. The number of nitrogens with two attached hydrogens (primary N) is 1. The van der Waals surface area contributed by atoms with E-state index in [1.54, 1.807) is 0 Å². The molecule has 1 fully saturated rings. The lowest BCUT2D eigenvalue weighted by Gasteiger charge is -2.39. The van der Waals surface area contributed by atoms with Gasteiger partial charge >= 0.3 is 18.0 Å². The van der Waals surface area contributed by atoms with Gasteiger partial charge in [0.1, 0.15) is 31.9 Å². The average molecular weight is 428 g/mol. The van der Waals surface area contributed by atoms with Crippen LogP contribution in [0.1, 0.15) is 5.69 Å². The minimum Gasteiger partial charge on any atom is -0.480 e. The van der Waals surface area contributed by atoms with Crippen molar-refractivity contribution in [2.75, 3.05) is 32.5 Å². The first-order valence-corrected chi connectivity index (χ1v) is 8.69. The first-order chi connectivity index (χ1) is 13.6. The van der Waals surface area contributed by atoms with E-state index in [-0.39, 0.29) is 23.1 Å². The van der Waals surface area contributed by atoms with Crippen molar-refractivity contribution in [2.45, 2.75) is 6.04 Å². The second-order valence-electron chi connectivity index (χ2n) is 5.59. The van der Waals surface area contributed by atoms with Crippen LogP contribution >= 0.6 is 11.3 Å². The number of anilines is 1. The van der Waals surface area contributed by atoms with Gasteiger partial charge in [-0.25, -0.2) is 9.78 Å². The summed E-state index contributed by atoms with van der Waals surface area (Å²) in [7, 11) is 1.21. The number of aliphatic carboxylic acids is 2. The molecule has 15 heteroatoms. The number of carboxylic acids is 2. The van der Waals surface area contributed by atoms with Crippen molar-refractivity contribution in [1.82, 2.24) is 20.1 Å². The molecule has 0 spiro atoms. The van der Waals surface area contributed by atoms with E-state index in [9.17, 15) is 24.0 Å². The molecule has 1 aliphatic heterocycles. The number of likely N-dealkylation sites (tertiary alicyclic amines) is 1. The third-order valence-electron chi connectivity index (χ3n) is 3.55. The van der Waals surface area contributed by atoms with Gasteiger partial charge in [-0.15, -0.1) is 11.3 Å². The summed E-state index contributed by atoms with van der Waals surface area (Å²) in [5.74, 6) is -4.53. The number of urea groups is 1. The quantitative estimate of drug-likeness (QED) is 0.203. The van der Waals surface area contributed by atoms with Crippen molar-refractivity contribution >= 4 is 52.0 Å². The Morgan fingerprint density at radius 1 is 1.38 bits per heavy atom. The molecule has 0 saturated carbocycles. The second-order valence-corrected chi connectivity index (χ2v) is 6.48. The summed E-state index contributed by atoms with van der Waals surface area (Å²) in [4.78, 5) is 68.0. The Morgan fingerprint density at radius 2 is 2.00 bits per heavy atom. The van der Waals surface area contributed by atoms with Crippen molar-refractivity contribution in [1.29, 1.82) is 0 Å².